The molecule has 252 valence electrons. The molecule has 0 aliphatic carbocycles. The normalized spacial score (nSPS) is 17.3. The Morgan fingerprint density at radius 2 is 1.50 bits per heavy atom. The molecule has 0 radical (unpaired) electrons. The molecule has 4 aromatic rings. The lowest BCUT2D eigenvalue weighted by molar-refractivity contribution is 0.0580. The van der Waals surface area contributed by atoms with Crippen molar-refractivity contribution in [3.8, 4) is 5.75 Å². The van der Waals surface area contributed by atoms with Crippen LogP contribution in [0.2, 0.25) is 0 Å². The molecule has 4 heterocycles. The molecule has 8 nitrogen and oxygen atoms in total. The molecule has 2 aromatic carbocycles. The fourth-order valence-electron chi connectivity index (χ4n) is 7.49. The number of allylic oxidation sites excluding steroid dienone is 1. The smallest absolute Gasteiger partial charge is 0.255 e. The number of carbonyl (C=O) groups is 1. The molecular formula is C40H50N6O2. The highest BCUT2D eigenvalue weighted by Crippen LogP contribution is 2.50. The Hall–Kier alpha value is -4.69. The van der Waals surface area contributed by atoms with Gasteiger partial charge in [0.05, 0.1) is 0 Å². The molecule has 0 saturated heterocycles. The Kier molecular flexibility index (Phi) is 10.4. The molecule has 1 unspecified atom stereocenters. The standard InChI is InChI=1S/C40H50N6O2/c1-5-44(6-2)33-16-11-22-40(37-20-19-34(45(7-3)8-4)28-38(37)48-27-21-33)36-18-10-9-17-35(36)39(47)46(40)26-25-43(29-31-14-12-23-41-31)30-32-15-13-24-42-32/h9-21,23-24,28,41-42H,5-8,22,25-27,29-30H2,1-4H3. The third-order valence-electron chi connectivity index (χ3n) is 9.96. The summed E-state index contributed by atoms with van der Waals surface area (Å²) in [4.78, 5) is 30.6. The molecule has 2 aliphatic rings. The highest BCUT2D eigenvalue weighted by Gasteiger charge is 2.51. The molecule has 0 fully saturated rings. The van der Waals surface area contributed by atoms with Crippen molar-refractivity contribution in [1.82, 2.24) is 24.7 Å². The van der Waals surface area contributed by atoms with E-state index in [1.807, 2.05) is 36.7 Å². The number of fused-ring (bicyclic) bond motifs is 4. The minimum atomic E-state index is -0.739. The Balaban J connectivity index is 1.46. The van der Waals surface area contributed by atoms with Gasteiger partial charge in [0.2, 0.25) is 0 Å². The van der Waals surface area contributed by atoms with Crippen molar-refractivity contribution in [2.75, 3.05) is 50.8 Å². The first kappa shape index (κ1) is 33.2. The largest absolute Gasteiger partial charge is 0.489 e. The van der Waals surface area contributed by atoms with Crippen molar-refractivity contribution in [2.45, 2.75) is 52.7 Å². The first-order chi connectivity index (χ1) is 23.5. The number of benzene rings is 2. The summed E-state index contributed by atoms with van der Waals surface area (Å²) in [6.45, 7) is 15.5. The second-order valence-corrected chi connectivity index (χ2v) is 12.5. The van der Waals surface area contributed by atoms with Gasteiger partial charge in [0, 0.05) is 105 Å². The summed E-state index contributed by atoms with van der Waals surface area (Å²) >= 11 is 0. The Bertz CT molecular complexity index is 1660. The van der Waals surface area contributed by atoms with Gasteiger partial charge in [-0.25, -0.2) is 0 Å². The molecule has 8 heteroatoms. The van der Waals surface area contributed by atoms with Gasteiger partial charge >= 0.3 is 0 Å². The zero-order chi connectivity index (χ0) is 33.5. The average Bonchev–Trinajstić information content (AvgIpc) is 3.87. The lowest BCUT2D eigenvalue weighted by Crippen LogP contribution is -2.48. The van der Waals surface area contributed by atoms with E-state index in [-0.39, 0.29) is 5.91 Å². The Morgan fingerprint density at radius 3 is 2.15 bits per heavy atom. The predicted molar refractivity (Wildman–Crippen MR) is 194 cm³/mol. The highest BCUT2D eigenvalue weighted by molar-refractivity contribution is 6.01. The lowest BCUT2D eigenvalue weighted by Gasteiger charge is -2.41. The van der Waals surface area contributed by atoms with E-state index in [0.29, 0.717) is 26.1 Å². The summed E-state index contributed by atoms with van der Waals surface area (Å²) in [5, 5.41) is 0. The predicted octanol–water partition coefficient (Wildman–Crippen LogP) is 7.16. The van der Waals surface area contributed by atoms with Crippen LogP contribution in [-0.4, -0.2) is 76.5 Å². The number of likely N-dealkylation sites (N-methyl/N-ethyl adjacent to an activating group) is 1. The zero-order valence-electron chi connectivity index (χ0n) is 28.9. The molecule has 6 rings (SSSR count). The second-order valence-electron chi connectivity index (χ2n) is 12.5. The molecule has 48 heavy (non-hydrogen) atoms. The van der Waals surface area contributed by atoms with E-state index in [1.165, 1.54) is 0 Å². The number of ether oxygens (including phenoxy) is 1. The molecular weight excluding hydrogens is 596 g/mol. The maximum Gasteiger partial charge on any atom is 0.255 e. The number of nitrogens with zero attached hydrogens (tertiary/aromatic N) is 4. The van der Waals surface area contributed by atoms with Crippen LogP contribution in [0.4, 0.5) is 5.69 Å². The van der Waals surface area contributed by atoms with Crippen LogP contribution in [0, 0.1) is 0 Å². The summed E-state index contributed by atoms with van der Waals surface area (Å²) in [5.74, 6) is 0.892. The Morgan fingerprint density at radius 1 is 0.812 bits per heavy atom. The third-order valence-corrected chi connectivity index (χ3v) is 9.96. The van der Waals surface area contributed by atoms with Crippen LogP contribution in [-0.2, 0) is 18.6 Å². The molecule has 1 atom stereocenters. The number of carbonyl (C=O) groups excluding carboxylic acids is 1. The van der Waals surface area contributed by atoms with E-state index in [4.69, 9.17) is 4.74 Å². The van der Waals surface area contributed by atoms with E-state index in [0.717, 1.165) is 84.5 Å². The number of H-pyrrole nitrogens is 2. The number of hydrogen-bond acceptors (Lipinski definition) is 5. The molecule has 1 amide bonds. The van der Waals surface area contributed by atoms with E-state index >= 15 is 0 Å². The molecule has 2 aromatic heterocycles. The van der Waals surface area contributed by atoms with E-state index in [9.17, 15) is 4.79 Å². The van der Waals surface area contributed by atoms with Crippen LogP contribution in [0.15, 0.2) is 103 Å². The van der Waals surface area contributed by atoms with Crippen molar-refractivity contribution in [2.24, 2.45) is 0 Å². The van der Waals surface area contributed by atoms with Crippen molar-refractivity contribution in [1.29, 1.82) is 0 Å². The molecule has 2 aliphatic heterocycles. The molecule has 0 saturated carbocycles. The zero-order valence-corrected chi connectivity index (χ0v) is 28.9. The van der Waals surface area contributed by atoms with Gasteiger partial charge in [0.1, 0.15) is 17.9 Å². The number of anilines is 1. The van der Waals surface area contributed by atoms with Crippen LogP contribution in [0.25, 0.3) is 0 Å². The second kappa shape index (κ2) is 15.0. The minimum absolute atomic E-state index is 0.0639. The quantitative estimate of drug-likeness (QED) is 0.161. The summed E-state index contributed by atoms with van der Waals surface area (Å²) in [7, 11) is 0. The van der Waals surface area contributed by atoms with Gasteiger partial charge in [-0.2, -0.15) is 0 Å². The van der Waals surface area contributed by atoms with Gasteiger partial charge in [0.25, 0.3) is 5.91 Å². The van der Waals surface area contributed by atoms with Gasteiger partial charge in [-0.1, -0.05) is 30.3 Å². The number of amides is 1. The maximum absolute atomic E-state index is 14.6. The molecule has 2 N–H and O–H groups in total. The van der Waals surface area contributed by atoms with E-state index in [2.05, 4.69) is 118 Å². The van der Waals surface area contributed by atoms with Crippen molar-refractivity contribution in [3.63, 3.8) is 0 Å². The number of aromatic nitrogens is 2. The van der Waals surface area contributed by atoms with E-state index in [1.54, 1.807) is 0 Å². The number of nitrogens with one attached hydrogen (secondary N) is 2. The monoisotopic (exact) mass is 646 g/mol. The van der Waals surface area contributed by atoms with Gasteiger partial charge in [-0.05, 0) is 88.2 Å². The average molecular weight is 647 g/mol. The van der Waals surface area contributed by atoms with Gasteiger partial charge in [0.15, 0.2) is 0 Å². The topological polar surface area (TPSA) is 70.8 Å². The van der Waals surface area contributed by atoms with E-state index < -0.39 is 5.54 Å². The minimum Gasteiger partial charge on any atom is -0.489 e. The molecule has 0 bridgehead atoms. The first-order valence-corrected chi connectivity index (χ1v) is 17.5. The van der Waals surface area contributed by atoms with Crippen LogP contribution in [0.1, 0.15) is 67.0 Å². The summed E-state index contributed by atoms with van der Waals surface area (Å²) < 4.78 is 6.74. The summed E-state index contributed by atoms with van der Waals surface area (Å²) in [5.41, 5.74) is 6.65. The molecule has 1 spiro atoms. The van der Waals surface area contributed by atoms with Crippen LogP contribution in [0.3, 0.4) is 0 Å². The van der Waals surface area contributed by atoms with Gasteiger partial charge in [-0.3, -0.25) is 9.69 Å². The van der Waals surface area contributed by atoms with Crippen molar-refractivity contribution < 1.29 is 9.53 Å². The van der Waals surface area contributed by atoms with Gasteiger partial charge < -0.3 is 29.4 Å². The lowest BCUT2D eigenvalue weighted by atomic mass is 9.79. The fourth-order valence-corrected chi connectivity index (χ4v) is 7.49. The van der Waals surface area contributed by atoms with Crippen molar-refractivity contribution in [3.05, 3.63) is 131 Å². The number of rotatable bonds is 13. The van der Waals surface area contributed by atoms with Crippen molar-refractivity contribution >= 4 is 11.6 Å². The van der Waals surface area contributed by atoms with Crippen LogP contribution in [0.5, 0.6) is 5.75 Å². The number of aromatic amines is 2. The fraction of sp³-hybridized carbons (Fsp3) is 0.375. The summed E-state index contributed by atoms with van der Waals surface area (Å²) in [6.07, 6.45) is 11.2. The highest BCUT2D eigenvalue weighted by atomic mass is 16.5. The third kappa shape index (κ3) is 6.54. The first-order valence-electron chi connectivity index (χ1n) is 17.5. The van der Waals surface area contributed by atoms with Crippen LogP contribution < -0.4 is 9.64 Å². The SMILES string of the molecule is CCN(CC)C1=CCOc2cc(N(CC)CC)ccc2C2(CC=C1)c1ccccc1C(=O)N2CCN(Cc1ccc[nH]1)Cc1ccc[nH]1. The van der Waals surface area contributed by atoms with Gasteiger partial charge in [-0.15, -0.1) is 0 Å². The Labute approximate surface area is 285 Å². The number of hydrogen-bond donors (Lipinski definition) is 2. The summed E-state index contributed by atoms with van der Waals surface area (Å²) in [6, 6.07) is 23.1. The maximum atomic E-state index is 14.6. The van der Waals surface area contributed by atoms with Crippen LogP contribution >= 0.6 is 0 Å².